The maximum Gasteiger partial charge on any atom is 0.328 e. The Hall–Kier alpha value is -1.73. The first-order chi connectivity index (χ1) is 9.04. The highest BCUT2D eigenvalue weighted by atomic mass is 32.1. The van der Waals surface area contributed by atoms with Gasteiger partial charge in [0.1, 0.15) is 23.0 Å². The van der Waals surface area contributed by atoms with E-state index in [4.69, 9.17) is 9.84 Å². The van der Waals surface area contributed by atoms with Crippen LogP contribution in [-0.2, 0) is 9.53 Å². The lowest BCUT2D eigenvalue weighted by atomic mass is 10.2. The van der Waals surface area contributed by atoms with Crippen LogP contribution in [0.15, 0.2) is 6.33 Å². The summed E-state index contributed by atoms with van der Waals surface area (Å²) in [4.78, 5) is 21.5. The number of hydrogen-bond acceptors (Lipinski definition) is 6. The minimum absolute atomic E-state index is 0.0724. The van der Waals surface area contributed by atoms with E-state index < -0.39 is 12.0 Å². The second kappa shape index (κ2) is 5.50. The number of fused-ring (bicyclic) bond motifs is 1. The van der Waals surface area contributed by atoms with Crippen LogP contribution in [0.2, 0.25) is 0 Å². The van der Waals surface area contributed by atoms with Crippen molar-refractivity contribution in [3.05, 3.63) is 16.8 Å². The Balaban J connectivity index is 2.42. The van der Waals surface area contributed by atoms with Gasteiger partial charge < -0.3 is 15.2 Å². The number of carbonyl (C=O) groups is 1. The molecular weight excluding hydrogens is 266 g/mol. The lowest BCUT2D eigenvalue weighted by molar-refractivity contribution is -0.139. The van der Waals surface area contributed by atoms with E-state index in [2.05, 4.69) is 15.3 Å². The van der Waals surface area contributed by atoms with E-state index in [1.54, 1.807) is 11.3 Å². The molecule has 7 heteroatoms. The number of hydrogen-bond donors (Lipinski definition) is 2. The lowest BCUT2D eigenvalue weighted by Gasteiger charge is -2.14. The Bertz CT molecular complexity index is 612. The van der Waals surface area contributed by atoms with Crippen molar-refractivity contribution in [2.45, 2.75) is 19.9 Å². The summed E-state index contributed by atoms with van der Waals surface area (Å²) >= 11 is 1.57. The minimum Gasteiger partial charge on any atom is -0.480 e. The molecule has 2 aromatic heterocycles. The molecule has 0 radical (unpaired) electrons. The number of ether oxygens (including phenoxy) is 1. The van der Waals surface area contributed by atoms with Crippen LogP contribution in [0.25, 0.3) is 10.2 Å². The van der Waals surface area contributed by atoms with Crippen molar-refractivity contribution in [3.63, 3.8) is 0 Å². The van der Waals surface area contributed by atoms with E-state index in [0.29, 0.717) is 5.82 Å². The average molecular weight is 281 g/mol. The molecule has 1 atom stereocenters. The molecule has 0 aliphatic heterocycles. The quantitative estimate of drug-likeness (QED) is 0.869. The molecule has 0 bridgehead atoms. The molecule has 0 aromatic carbocycles. The molecule has 102 valence electrons. The fourth-order valence-electron chi connectivity index (χ4n) is 1.80. The summed E-state index contributed by atoms with van der Waals surface area (Å²) in [6, 6.07) is -0.831. The molecule has 0 fully saturated rings. The van der Waals surface area contributed by atoms with Crippen molar-refractivity contribution in [2.75, 3.05) is 19.0 Å². The van der Waals surface area contributed by atoms with Gasteiger partial charge in [-0.05, 0) is 19.4 Å². The van der Waals surface area contributed by atoms with E-state index in [9.17, 15) is 4.79 Å². The number of methoxy groups -OCH3 is 1. The molecule has 0 amide bonds. The number of aromatic nitrogens is 2. The zero-order valence-corrected chi connectivity index (χ0v) is 11.7. The minimum atomic E-state index is -0.974. The monoisotopic (exact) mass is 281 g/mol. The number of rotatable bonds is 5. The molecule has 2 aromatic rings. The SMILES string of the molecule is COCC(Nc1ncnc2sc(C)c(C)c12)C(=O)O. The summed E-state index contributed by atoms with van der Waals surface area (Å²) in [6.45, 7) is 4.06. The Labute approximate surface area is 114 Å². The predicted molar refractivity (Wildman–Crippen MR) is 73.8 cm³/mol. The number of aryl methyl sites for hydroxylation is 2. The zero-order valence-electron chi connectivity index (χ0n) is 10.9. The van der Waals surface area contributed by atoms with Gasteiger partial charge in [0, 0.05) is 12.0 Å². The van der Waals surface area contributed by atoms with Crippen molar-refractivity contribution >= 4 is 33.3 Å². The number of aliphatic carboxylic acids is 1. The van der Waals surface area contributed by atoms with Gasteiger partial charge in [0.15, 0.2) is 0 Å². The molecule has 1 unspecified atom stereocenters. The van der Waals surface area contributed by atoms with Gasteiger partial charge in [-0.15, -0.1) is 11.3 Å². The van der Waals surface area contributed by atoms with Crippen LogP contribution in [0.3, 0.4) is 0 Å². The Morgan fingerprint density at radius 2 is 2.26 bits per heavy atom. The molecule has 19 heavy (non-hydrogen) atoms. The largest absolute Gasteiger partial charge is 0.480 e. The third-order valence-electron chi connectivity index (χ3n) is 2.91. The van der Waals surface area contributed by atoms with Gasteiger partial charge in [0.2, 0.25) is 0 Å². The molecule has 0 aliphatic rings. The van der Waals surface area contributed by atoms with E-state index in [1.807, 2.05) is 13.8 Å². The van der Waals surface area contributed by atoms with Gasteiger partial charge in [-0.1, -0.05) is 0 Å². The Morgan fingerprint density at radius 1 is 1.53 bits per heavy atom. The van der Waals surface area contributed by atoms with Crippen LogP contribution in [-0.4, -0.2) is 40.8 Å². The second-order valence-electron chi connectivity index (χ2n) is 4.18. The topological polar surface area (TPSA) is 84.3 Å². The molecule has 2 rings (SSSR count). The molecule has 2 heterocycles. The van der Waals surface area contributed by atoms with Crippen LogP contribution >= 0.6 is 11.3 Å². The van der Waals surface area contributed by atoms with Crippen molar-refractivity contribution in [3.8, 4) is 0 Å². The molecule has 0 saturated heterocycles. The summed E-state index contributed by atoms with van der Waals surface area (Å²) in [5.41, 5.74) is 1.07. The van der Waals surface area contributed by atoms with Gasteiger partial charge in [-0.2, -0.15) is 0 Å². The maximum absolute atomic E-state index is 11.1. The van der Waals surface area contributed by atoms with Gasteiger partial charge >= 0.3 is 5.97 Å². The number of nitrogens with one attached hydrogen (secondary N) is 1. The molecule has 6 nitrogen and oxygen atoms in total. The van der Waals surface area contributed by atoms with Crippen molar-refractivity contribution in [1.82, 2.24) is 9.97 Å². The number of nitrogens with zero attached hydrogens (tertiary/aromatic N) is 2. The maximum atomic E-state index is 11.1. The summed E-state index contributed by atoms with van der Waals surface area (Å²) in [5.74, 6) is -0.436. The third kappa shape index (κ3) is 2.66. The number of anilines is 1. The first-order valence-corrected chi connectivity index (χ1v) is 6.55. The summed E-state index contributed by atoms with van der Waals surface area (Å²) in [5, 5.41) is 12.9. The summed E-state index contributed by atoms with van der Waals surface area (Å²) < 4.78 is 4.90. The predicted octanol–water partition coefficient (Wildman–Crippen LogP) is 1.82. The highest BCUT2D eigenvalue weighted by Crippen LogP contribution is 2.32. The van der Waals surface area contributed by atoms with Gasteiger partial charge in [0.05, 0.1) is 12.0 Å². The van der Waals surface area contributed by atoms with Crippen LogP contribution in [0.1, 0.15) is 10.4 Å². The number of carboxylic acid groups (broad SMARTS) is 1. The lowest BCUT2D eigenvalue weighted by Crippen LogP contribution is -2.34. The van der Waals surface area contributed by atoms with Crippen LogP contribution in [0, 0.1) is 13.8 Å². The first kappa shape index (κ1) is 13.7. The normalized spacial score (nSPS) is 12.6. The summed E-state index contributed by atoms with van der Waals surface area (Å²) in [6.07, 6.45) is 1.44. The molecular formula is C12H15N3O3S. The average Bonchev–Trinajstić information content (AvgIpc) is 2.65. The fourth-order valence-corrected chi connectivity index (χ4v) is 2.80. The van der Waals surface area contributed by atoms with Crippen LogP contribution in [0.5, 0.6) is 0 Å². The third-order valence-corrected chi connectivity index (χ3v) is 4.02. The number of thiophene rings is 1. The highest BCUT2D eigenvalue weighted by molar-refractivity contribution is 7.18. The second-order valence-corrected chi connectivity index (χ2v) is 5.38. The first-order valence-electron chi connectivity index (χ1n) is 5.73. The van der Waals surface area contributed by atoms with Crippen LogP contribution in [0.4, 0.5) is 5.82 Å². The number of carboxylic acids is 1. The Morgan fingerprint density at radius 3 is 2.89 bits per heavy atom. The smallest absolute Gasteiger partial charge is 0.328 e. The van der Waals surface area contributed by atoms with E-state index >= 15 is 0 Å². The summed E-state index contributed by atoms with van der Waals surface area (Å²) in [7, 11) is 1.47. The molecule has 2 N–H and O–H groups in total. The van der Waals surface area contributed by atoms with E-state index in [-0.39, 0.29) is 6.61 Å². The van der Waals surface area contributed by atoms with Crippen molar-refractivity contribution in [1.29, 1.82) is 0 Å². The fraction of sp³-hybridized carbons (Fsp3) is 0.417. The molecule has 0 spiro atoms. The highest BCUT2D eigenvalue weighted by Gasteiger charge is 2.20. The standard InChI is InChI=1S/C12H15N3O3S/c1-6-7(2)19-11-9(6)10(13-5-14-11)15-8(4-18-3)12(16)17/h5,8H,4H2,1-3H3,(H,16,17)(H,13,14,15). The van der Waals surface area contributed by atoms with Crippen molar-refractivity contribution < 1.29 is 14.6 Å². The molecule has 0 aliphatic carbocycles. The Kier molecular flexibility index (Phi) is 3.96. The van der Waals surface area contributed by atoms with E-state index in [1.165, 1.54) is 13.4 Å². The van der Waals surface area contributed by atoms with E-state index in [0.717, 1.165) is 20.7 Å². The molecule has 0 saturated carbocycles. The van der Waals surface area contributed by atoms with Gasteiger partial charge in [-0.25, -0.2) is 14.8 Å². The van der Waals surface area contributed by atoms with Crippen LogP contribution < -0.4 is 5.32 Å². The zero-order chi connectivity index (χ0) is 14.0. The van der Waals surface area contributed by atoms with Crippen molar-refractivity contribution in [2.24, 2.45) is 0 Å². The van der Waals surface area contributed by atoms with Gasteiger partial charge in [0.25, 0.3) is 0 Å². The van der Waals surface area contributed by atoms with Gasteiger partial charge in [-0.3, -0.25) is 0 Å².